The van der Waals surface area contributed by atoms with Crippen molar-refractivity contribution in [1.82, 2.24) is 5.32 Å². The number of amides is 1. The van der Waals surface area contributed by atoms with Crippen LogP contribution in [0.1, 0.15) is 53.4 Å². The Morgan fingerprint density at radius 2 is 2.00 bits per heavy atom. The Balaban J connectivity index is 2.74. The van der Waals surface area contributed by atoms with Gasteiger partial charge in [0.2, 0.25) is 5.91 Å². The Bertz CT molecular complexity index is 292. The zero-order valence-electron chi connectivity index (χ0n) is 12.1. The molecule has 0 aliphatic heterocycles. The largest absolute Gasteiger partial charge is 0.391 e. The van der Waals surface area contributed by atoms with Crippen molar-refractivity contribution >= 4 is 5.91 Å². The van der Waals surface area contributed by atoms with Crippen molar-refractivity contribution in [2.75, 3.05) is 6.54 Å². The molecule has 106 valence electrons. The lowest BCUT2D eigenvalue weighted by Crippen LogP contribution is -2.57. The summed E-state index contributed by atoms with van der Waals surface area (Å²) in [7, 11) is 0. The summed E-state index contributed by atoms with van der Waals surface area (Å²) in [5.74, 6) is 0.685. The zero-order valence-corrected chi connectivity index (χ0v) is 12.1. The van der Waals surface area contributed by atoms with E-state index in [2.05, 4.69) is 12.2 Å². The second-order valence-electron chi connectivity index (χ2n) is 6.52. The van der Waals surface area contributed by atoms with Crippen LogP contribution in [0.15, 0.2) is 0 Å². The Kier molecular flexibility index (Phi) is 4.78. The maximum atomic E-state index is 12.5. The van der Waals surface area contributed by atoms with Crippen LogP contribution in [0.3, 0.4) is 0 Å². The summed E-state index contributed by atoms with van der Waals surface area (Å²) in [6.07, 6.45) is 3.23. The van der Waals surface area contributed by atoms with E-state index in [1.54, 1.807) is 6.92 Å². The molecule has 0 aromatic carbocycles. The first kappa shape index (κ1) is 15.4. The smallest absolute Gasteiger partial charge is 0.227 e. The Hall–Kier alpha value is -0.610. The first-order valence-corrected chi connectivity index (χ1v) is 6.94. The molecule has 4 heteroatoms. The minimum Gasteiger partial charge on any atom is -0.391 e. The predicted octanol–water partition coefficient (Wildman–Crippen LogP) is 1.42. The number of aliphatic hydroxyl groups is 1. The summed E-state index contributed by atoms with van der Waals surface area (Å²) in [4.78, 5) is 12.5. The van der Waals surface area contributed by atoms with Gasteiger partial charge in [0, 0.05) is 6.54 Å². The molecular formula is C14H28N2O2. The van der Waals surface area contributed by atoms with Crippen LogP contribution < -0.4 is 11.1 Å². The summed E-state index contributed by atoms with van der Waals surface area (Å²) in [6, 6.07) is 0. The van der Waals surface area contributed by atoms with Crippen LogP contribution in [0.25, 0.3) is 0 Å². The van der Waals surface area contributed by atoms with E-state index >= 15 is 0 Å². The van der Waals surface area contributed by atoms with Crippen LogP contribution in [-0.2, 0) is 4.79 Å². The predicted molar refractivity (Wildman–Crippen MR) is 73.0 cm³/mol. The molecular weight excluding hydrogens is 228 g/mol. The summed E-state index contributed by atoms with van der Waals surface area (Å²) >= 11 is 0. The highest BCUT2D eigenvalue weighted by Crippen LogP contribution is 2.38. The number of aliphatic hydroxyl groups excluding tert-OH is 1. The molecule has 4 nitrogen and oxygen atoms in total. The van der Waals surface area contributed by atoms with Gasteiger partial charge in [-0.2, -0.15) is 0 Å². The van der Waals surface area contributed by atoms with E-state index in [-0.39, 0.29) is 5.91 Å². The molecule has 1 rings (SSSR count). The van der Waals surface area contributed by atoms with E-state index in [0.717, 1.165) is 25.7 Å². The Labute approximate surface area is 110 Å². The van der Waals surface area contributed by atoms with Gasteiger partial charge in [0.25, 0.3) is 0 Å². The van der Waals surface area contributed by atoms with Crippen LogP contribution in [0.4, 0.5) is 0 Å². The molecule has 1 aliphatic rings. The fourth-order valence-corrected chi connectivity index (χ4v) is 2.37. The number of rotatable bonds is 4. The molecule has 0 saturated heterocycles. The van der Waals surface area contributed by atoms with Gasteiger partial charge >= 0.3 is 0 Å². The monoisotopic (exact) mass is 256 g/mol. The second kappa shape index (κ2) is 5.57. The Morgan fingerprint density at radius 3 is 2.39 bits per heavy atom. The van der Waals surface area contributed by atoms with Crippen LogP contribution in [0.2, 0.25) is 0 Å². The molecule has 18 heavy (non-hydrogen) atoms. The number of nitrogens with one attached hydrogen (secondary N) is 1. The third kappa shape index (κ3) is 3.23. The average molecular weight is 256 g/mol. The number of hydrogen-bond donors (Lipinski definition) is 3. The molecule has 0 aromatic heterocycles. The minimum absolute atomic E-state index is 0.00259. The molecule has 0 spiro atoms. The molecule has 4 N–H and O–H groups in total. The lowest BCUT2D eigenvalue weighted by Gasteiger charge is -2.40. The third-order valence-corrected chi connectivity index (χ3v) is 4.58. The minimum atomic E-state index is -0.609. The van der Waals surface area contributed by atoms with Crippen LogP contribution in [-0.4, -0.2) is 29.2 Å². The number of nitrogens with two attached hydrogens (primary N) is 1. The van der Waals surface area contributed by atoms with Crippen LogP contribution >= 0.6 is 0 Å². The standard InChI is InChI=1S/C14H28N2O2/c1-10-5-7-14(9-15,8-6-10)12(18)16-13(3,4)11(2)17/h10-11,17H,5-9,15H2,1-4H3,(H,16,18). The lowest BCUT2D eigenvalue weighted by molar-refractivity contribution is -0.136. The third-order valence-electron chi connectivity index (χ3n) is 4.58. The molecule has 1 aliphatic carbocycles. The molecule has 1 atom stereocenters. The molecule has 1 unspecified atom stereocenters. The van der Waals surface area contributed by atoms with Crippen LogP contribution in [0, 0.1) is 11.3 Å². The van der Waals surface area contributed by atoms with Crippen molar-refractivity contribution in [2.24, 2.45) is 17.1 Å². The van der Waals surface area contributed by atoms with Crippen molar-refractivity contribution in [2.45, 2.75) is 65.0 Å². The molecule has 1 saturated carbocycles. The van der Waals surface area contributed by atoms with E-state index in [4.69, 9.17) is 5.73 Å². The van der Waals surface area contributed by atoms with Crippen molar-refractivity contribution in [3.63, 3.8) is 0 Å². The fourth-order valence-electron chi connectivity index (χ4n) is 2.37. The van der Waals surface area contributed by atoms with E-state index in [1.807, 2.05) is 13.8 Å². The normalized spacial score (nSPS) is 30.9. The number of carbonyl (C=O) groups excluding carboxylic acids is 1. The molecule has 1 fully saturated rings. The maximum Gasteiger partial charge on any atom is 0.227 e. The van der Waals surface area contributed by atoms with Crippen molar-refractivity contribution in [3.8, 4) is 0 Å². The number of hydrogen-bond acceptors (Lipinski definition) is 3. The van der Waals surface area contributed by atoms with Crippen molar-refractivity contribution in [3.05, 3.63) is 0 Å². The van der Waals surface area contributed by atoms with E-state index < -0.39 is 17.1 Å². The molecule has 0 radical (unpaired) electrons. The summed E-state index contributed by atoms with van der Waals surface area (Å²) < 4.78 is 0. The first-order chi connectivity index (χ1) is 8.23. The highest BCUT2D eigenvalue weighted by atomic mass is 16.3. The fraction of sp³-hybridized carbons (Fsp3) is 0.929. The van der Waals surface area contributed by atoms with Gasteiger partial charge in [-0.15, -0.1) is 0 Å². The quantitative estimate of drug-likeness (QED) is 0.712. The van der Waals surface area contributed by atoms with Gasteiger partial charge in [-0.05, 0) is 52.4 Å². The average Bonchev–Trinajstić information content (AvgIpc) is 2.29. The maximum absolute atomic E-state index is 12.5. The van der Waals surface area contributed by atoms with Gasteiger partial charge in [0.1, 0.15) is 0 Å². The van der Waals surface area contributed by atoms with E-state index in [1.165, 1.54) is 0 Å². The van der Waals surface area contributed by atoms with Gasteiger partial charge in [-0.1, -0.05) is 6.92 Å². The topological polar surface area (TPSA) is 75.4 Å². The van der Waals surface area contributed by atoms with Gasteiger partial charge in [-0.3, -0.25) is 4.79 Å². The molecule has 0 heterocycles. The van der Waals surface area contributed by atoms with Gasteiger partial charge in [-0.25, -0.2) is 0 Å². The summed E-state index contributed by atoms with van der Waals surface area (Å²) in [6.45, 7) is 7.98. The first-order valence-electron chi connectivity index (χ1n) is 6.94. The van der Waals surface area contributed by atoms with Gasteiger partial charge < -0.3 is 16.2 Å². The second-order valence-corrected chi connectivity index (χ2v) is 6.52. The van der Waals surface area contributed by atoms with Gasteiger partial charge in [0.15, 0.2) is 0 Å². The molecule has 0 aromatic rings. The van der Waals surface area contributed by atoms with Crippen molar-refractivity contribution in [1.29, 1.82) is 0 Å². The van der Waals surface area contributed by atoms with Gasteiger partial charge in [0.05, 0.1) is 17.1 Å². The van der Waals surface area contributed by atoms with E-state index in [0.29, 0.717) is 12.5 Å². The van der Waals surface area contributed by atoms with E-state index in [9.17, 15) is 9.90 Å². The zero-order chi connectivity index (χ0) is 14.0. The highest BCUT2D eigenvalue weighted by Gasteiger charge is 2.42. The summed E-state index contributed by atoms with van der Waals surface area (Å²) in [5.41, 5.74) is 4.82. The number of carbonyl (C=O) groups is 1. The lowest BCUT2D eigenvalue weighted by atomic mass is 9.70. The highest BCUT2D eigenvalue weighted by molar-refractivity contribution is 5.83. The van der Waals surface area contributed by atoms with Crippen molar-refractivity contribution < 1.29 is 9.90 Å². The SMILES string of the molecule is CC1CCC(CN)(C(=O)NC(C)(C)C(C)O)CC1. The molecule has 0 bridgehead atoms. The summed E-state index contributed by atoms with van der Waals surface area (Å²) in [5, 5.41) is 12.6. The Morgan fingerprint density at radius 1 is 1.50 bits per heavy atom. The van der Waals surface area contributed by atoms with Crippen LogP contribution in [0.5, 0.6) is 0 Å². The molecule has 1 amide bonds.